The van der Waals surface area contributed by atoms with Gasteiger partial charge in [-0.1, -0.05) is 36.4 Å². The molecule has 27 heavy (non-hydrogen) atoms. The van der Waals surface area contributed by atoms with E-state index in [1.54, 1.807) is 19.1 Å². The van der Waals surface area contributed by atoms with Crippen LogP contribution in [0.25, 0.3) is 10.8 Å². The molecule has 0 atom stereocenters. The van der Waals surface area contributed by atoms with Crippen molar-refractivity contribution in [1.82, 2.24) is 0 Å². The van der Waals surface area contributed by atoms with E-state index in [2.05, 4.69) is 5.32 Å². The summed E-state index contributed by atoms with van der Waals surface area (Å²) in [7, 11) is 0. The van der Waals surface area contributed by atoms with Gasteiger partial charge in [0.2, 0.25) is 0 Å². The van der Waals surface area contributed by atoms with Crippen LogP contribution in [0.4, 0.5) is 11.4 Å². The normalized spacial score (nSPS) is 10.4. The Morgan fingerprint density at radius 2 is 1.74 bits per heavy atom. The summed E-state index contributed by atoms with van der Waals surface area (Å²) in [5.41, 5.74) is 0.167. The van der Waals surface area contributed by atoms with Crippen LogP contribution in [0.1, 0.15) is 27.6 Å². The molecule has 0 unspecified atom stereocenters. The predicted molar refractivity (Wildman–Crippen MR) is 101 cm³/mol. The van der Waals surface area contributed by atoms with E-state index in [0.717, 1.165) is 22.9 Å². The summed E-state index contributed by atoms with van der Waals surface area (Å²) in [6.45, 7) is 1.75. The summed E-state index contributed by atoms with van der Waals surface area (Å²) in [6.07, 6.45) is 0. The number of fused-ring (bicyclic) bond motifs is 1. The molecular formula is C20H16N2O5. The van der Waals surface area contributed by atoms with Gasteiger partial charge in [0, 0.05) is 28.8 Å². The van der Waals surface area contributed by atoms with Crippen LogP contribution in [-0.4, -0.2) is 23.4 Å². The van der Waals surface area contributed by atoms with E-state index in [9.17, 15) is 19.7 Å². The largest absolute Gasteiger partial charge is 0.462 e. The first kappa shape index (κ1) is 18.1. The zero-order valence-electron chi connectivity index (χ0n) is 14.5. The highest BCUT2D eigenvalue weighted by Crippen LogP contribution is 2.24. The molecule has 0 saturated heterocycles. The molecule has 0 aromatic heterocycles. The highest BCUT2D eigenvalue weighted by Gasteiger charge is 2.19. The predicted octanol–water partition coefficient (Wildman–Crippen LogP) is 4.18. The number of esters is 1. The van der Waals surface area contributed by atoms with Gasteiger partial charge in [0.05, 0.1) is 17.1 Å². The van der Waals surface area contributed by atoms with Crippen LogP contribution in [0.2, 0.25) is 0 Å². The number of carbonyl (C=O) groups is 2. The second-order valence-electron chi connectivity index (χ2n) is 5.73. The number of nitro groups is 1. The Morgan fingerprint density at radius 3 is 2.48 bits per heavy atom. The molecule has 0 spiro atoms. The van der Waals surface area contributed by atoms with Gasteiger partial charge in [0.15, 0.2) is 0 Å². The van der Waals surface area contributed by atoms with Gasteiger partial charge in [-0.05, 0) is 24.4 Å². The highest BCUT2D eigenvalue weighted by molar-refractivity contribution is 6.10. The molecule has 3 rings (SSSR count). The third-order valence-electron chi connectivity index (χ3n) is 3.94. The van der Waals surface area contributed by atoms with Crippen LogP contribution < -0.4 is 5.32 Å². The fraction of sp³-hybridized carbons (Fsp3) is 0.100. The Morgan fingerprint density at radius 1 is 1.04 bits per heavy atom. The van der Waals surface area contributed by atoms with Gasteiger partial charge in [-0.3, -0.25) is 14.9 Å². The van der Waals surface area contributed by atoms with Crippen LogP contribution in [-0.2, 0) is 4.74 Å². The third kappa shape index (κ3) is 3.92. The molecule has 0 heterocycles. The standard InChI is InChI=1S/C20H16N2O5/c1-2-27-20(24)15-10-14(11-16(12-15)22(25)26)19(23)21-18-9-5-7-13-6-3-4-8-17(13)18/h3-12H,2H2,1H3,(H,21,23). The number of amides is 1. The van der Waals surface area contributed by atoms with Crippen molar-refractivity contribution in [3.63, 3.8) is 0 Å². The number of benzene rings is 3. The van der Waals surface area contributed by atoms with E-state index in [1.807, 2.05) is 30.3 Å². The third-order valence-corrected chi connectivity index (χ3v) is 3.94. The molecule has 1 N–H and O–H groups in total. The molecule has 0 aliphatic heterocycles. The summed E-state index contributed by atoms with van der Waals surface area (Å²) in [5.74, 6) is -1.28. The van der Waals surface area contributed by atoms with Crippen molar-refractivity contribution in [2.45, 2.75) is 6.92 Å². The van der Waals surface area contributed by atoms with Crippen LogP contribution in [0, 0.1) is 10.1 Å². The number of rotatable bonds is 5. The van der Waals surface area contributed by atoms with E-state index >= 15 is 0 Å². The molecule has 0 saturated carbocycles. The summed E-state index contributed by atoms with van der Waals surface area (Å²) in [4.78, 5) is 35.1. The average molecular weight is 364 g/mol. The van der Waals surface area contributed by atoms with Crippen molar-refractivity contribution in [3.8, 4) is 0 Å². The molecule has 3 aromatic rings. The van der Waals surface area contributed by atoms with Gasteiger partial charge in [0.25, 0.3) is 11.6 Å². The second kappa shape index (κ2) is 7.65. The Labute approximate surface area is 154 Å². The summed E-state index contributed by atoms with van der Waals surface area (Å²) >= 11 is 0. The number of hydrogen-bond acceptors (Lipinski definition) is 5. The highest BCUT2D eigenvalue weighted by atomic mass is 16.6. The fourth-order valence-corrected chi connectivity index (χ4v) is 2.71. The topological polar surface area (TPSA) is 98.5 Å². The maximum absolute atomic E-state index is 12.7. The number of hydrogen-bond donors (Lipinski definition) is 1. The Hall–Kier alpha value is -3.74. The molecular weight excluding hydrogens is 348 g/mol. The summed E-state index contributed by atoms with van der Waals surface area (Å²) in [6, 6.07) is 16.5. The first-order valence-corrected chi connectivity index (χ1v) is 8.25. The monoisotopic (exact) mass is 364 g/mol. The van der Waals surface area contributed by atoms with Gasteiger partial charge in [-0.15, -0.1) is 0 Å². The van der Waals surface area contributed by atoms with E-state index in [0.29, 0.717) is 5.69 Å². The van der Waals surface area contributed by atoms with Crippen LogP contribution in [0.15, 0.2) is 60.7 Å². The SMILES string of the molecule is CCOC(=O)c1cc(C(=O)Nc2cccc3ccccc23)cc([N+](=O)[O-])c1. The smallest absolute Gasteiger partial charge is 0.338 e. The van der Waals surface area contributed by atoms with E-state index in [1.165, 1.54) is 6.07 Å². The van der Waals surface area contributed by atoms with E-state index < -0.39 is 16.8 Å². The Kier molecular flexibility index (Phi) is 5.12. The zero-order valence-corrected chi connectivity index (χ0v) is 14.5. The molecule has 136 valence electrons. The maximum atomic E-state index is 12.7. The Bertz CT molecular complexity index is 1040. The molecule has 0 fully saturated rings. The number of nitro benzene ring substituents is 1. The number of non-ortho nitro benzene ring substituents is 1. The van der Waals surface area contributed by atoms with Crippen molar-refractivity contribution >= 4 is 34.0 Å². The van der Waals surface area contributed by atoms with Gasteiger partial charge in [-0.25, -0.2) is 4.79 Å². The van der Waals surface area contributed by atoms with Gasteiger partial charge >= 0.3 is 5.97 Å². The second-order valence-corrected chi connectivity index (χ2v) is 5.73. The minimum Gasteiger partial charge on any atom is -0.462 e. The van der Waals surface area contributed by atoms with Gasteiger partial charge in [-0.2, -0.15) is 0 Å². The lowest BCUT2D eigenvalue weighted by Gasteiger charge is -2.10. The minimum absolute atomic E-state index is 0.000173. The van der Waals surface area contributed by atoms with Gasteiger partial charge < -0.3 is 10.1 Å². The molecule has 1 amide bonds. The Balaban J connectivity index is 1.98. The van der Waals surface area contributed by atoms with Crippen molar-refractivity contribution in [2.75, 3.05) is 11.9 Å². The fourth-order valence-electron chi connectivity index (χ4n) is 2.71. The molecule has 7 heteroatoms. The molecule has 0 bridgehead atoms. The summed E-state index contributed by atoms with van der Waals surface area (Å²) < 4.78 is 4.88. The average Bonchev–Trinajstić information content (AvgIpc) is 2.68. The van der Waals surface area contributed by atoms with Crippen LogP contribution in [0.5, 0.6) is 0 Å². The number of nitrogens with one attached hydrogen (secondary N) is 1. The zero-order chi connectivity index (χ0) is 19.4. The van der Waals surface area contributed by atoms with Crippen molar-refractivity contribution in [3.05, 3.63) is 81.9 Å². The summed E-state index contributed by atoms with van der Waals surface area (Å²) in [5, 5.41) is 15.7. The van der Waals surface area contributed by atoms with Gasteiger partial charge in [0.1, 0.15) is 0 Å². The van der Waals surface area contributed by atoms with Crippen molar-refractivity contribution in [2.24, 2.45) is 0 Å². The number of carbonyl (C=O) groups excluding carboxylic acids is 2. The first-order chi connectivity index (χ1) is 13.0. The minimum atomic E-state index is -0.722. The van der Waals surface area contributed by atoms with Crippen molar-refractivity contribution < 1.29 is 19.2 Å². The molecule has 7 nitrogen and oxygen atoms in total. The van der Waals surface area contributed by atoms with Crippen LogP contribution in [0.3, 0.4) is 0 Å². The maximum Gasteiger partial charge on any atom is 0.338 e. The molecule has 0 aliphatic carbocycles. The van der Waals surface area contributed by atoms with E-state index in [-0.39, 0.29) is 23.4 Å². The number of ether oxygens (including phenoxy) is 1. The molecule has 3 aromatic carbocycles. The lowest BCUT2D eigenvalue weighted by atomic mass is 10.1. The quantitative estimate of drug-likeness (QED) is 0.416. The number of anilines is 1. The molecule has 0 aliphatic rings. The van der Waals surface area contributed by atoms with E-state index in [4.69, 9.17) is 4.74 Å². The molecule has 0 radical (unpaired) electrons. The lowest BCUT2D eigenvalue weighted by Crippen LogP contribution is -2.14. The number of nitrogens with zero attached hydrogens (tertiary/aromatic N) is 1. The van der Waals surface area contributed by atoms with Crippen LogP contribution >= 0.6 is 0 Å². The van der Waals surface area contributed by atoms with Crippen molar-refractivity contribution in [1.29, 1.82) is 0 Å². The lowest BCUT2D eigenvalue weighted by molar-refractivity contribution is -0.384. The first-order valence-electron chi connectivity index (χ1n) is 8.25.